The monoisotopic (exact) mass is 314 g/mol. The maximum Gasteiger partial charge on any atom is 0.259 e. The van der Waals surface area contributed by atoms with E-state index in [0.29, 0.717) is 12.4 Å². The van der Waals surface area contributed by atoms with Crippen molar-refractivity contribution in [1.82, 2.24) is 29.2 Å². The minimum atomic E-state index is -0.158. The highest BCUT2D eigenvalue weighted by atomic mass is 32.1. The molecule has 0 atom stereocenters. The predicted octanol–water partition coefficient (Wildman–Crippen LogP) is 2.15. The van der Waals surface area contributed by atoms with Gasteiger partial charge in [-0.1, -0.05) is 0 Å². The lowest BCUT2D eigenvalue weighted by atomic mass is 9.94. The fraction of sp³-hybridized carbons (Fsp3) is 0.429. The zero-order valence-electron chi connectivity index (χ0n) is 12.5. The Morgan fingerprint density at radius 2 is 2.23 bits per heavy atom. The SMILES string of the molecule is Cc1nc2c3c4c(sc3n3cnnc3n2n1)COC(C)(C)C4. The van der Waals surface area contributed by atoms with E-state index >= 15 is 0 Å². The number of nitrogens with zero attached hydrogens (tertiary/aromatic N) is 6. The Morgan fingerprint density at radius 1 is 1.36 bits per heavy atom. The van der Waals surface area contributed by atoms with Gasteiger partial charge >= 0.3 is 0 Å². The van der Waals surface area contributed by atoms with Gasteiger partial charge in [0.15, 0.2) is 5.65 Å². The summed E-state index contributed by atoms with van der Waals surface area (Å²) in [6, 6.07) is 0. The Labute approximate surface area is 129 Å². The molecule has 0 aromatic carbocycles. The van der Waals surface area contributed by atoms with Crippen LogP contribution in [-0.2, 0) is 17.8 Å². The molecule has 0 saturated carbocycles. The third kappa shape index (κ3) is 1.48. The molecule has 4 aromatic heterocycles. The number of hydrogen-bond acceptors (Lipinski definition) is 6. The van der Waals surface area contributed by atoms with E-state index in [1.54, 1.807) is 22.2 Å². The third-order valence-electron chi connectivity index (χ3n) is 4.14. The summed E-state index contributed by atoms with van der Waals surface area (Å²) < 4.78 is 9.74. The molecule has 0 spiro atoms. The van der Waals surface area contributed by atoms with Crippen LogP contribution in [0.1, 0.15) is 30.1 Å². The highest BCUT2D eigenvalue weighted by molar-refractivity contribution is 7.19. The second kappa shape index (κ2) is 3.82. The molecule has 1 aliphatic rings. The molecular formula is C14H14N6OS. The summed E-state index contributed by atoms with van der Waals surface area (Å²) in [7, 11) is 0. The first-order valence-corrected chi connectivity index (χ1v) is 7.98. The lowest BCUT2D eigenvalue weighted by Crippen LogP contribution is -2.31. The number of hydrogen-bond donors (Lipinski definition) is 0. The normalized spacial score (nSPS) is 17.6. The van der Waals surface area contributed by atoms with Crippen molar-refractivity contribution in [3.05, 3.63) is 22.6 Å². The summed E-state index contributed by atoms with van der Waals surface area (Å²) in [5.41, 5.74) is 2.03. The number of rotatable bonds is 0. The van der Waals surface area contributed by atoms with Gasteiger partial charge in [0.25, 0.3) is 5.78 Å². The van der Waals surface area contributed by atoms with Crippen molar-refractivity contribution in [3.8, 4) is 0 Å². The molecular weight excluding hydrogens is 300 g/mol. The van der Waals surface area contributed by atoms with E-state index in [0.717, 1.165) is 28.1 Å². The van der Waals surface area contributed by atoms with Crippen LogP contribution in [-0.4, -0.2) is 34.8 Å². The second-order valence-electron chi connectivity index (χ2n) is 6.30. The van der Waals surface area contributed by atoms with Crippen LogP contribution in [0.5, 0.6) is 0 Å². The molecule has 22 heavy (non-hydrogen) atoms. The van der Waals surface area contributed by atoms with Crippen molar-refractivity contribution in [2.45, 2.75) is 39.4 Å². The number of fused-ring (bicyclic) bond motifs is 8. The minimum Gasteiger partial charge on any atom is -0.370 e. The summed E-state index contributed by atoms with van der Waals surface area (Å²) in [5, 5.41) is 13.9. The predicted molar refractivity (Wildman–Crippen MR) is 82.2 cm³/mol. The summed E-state index contributed by atoms with van der Waals surface area (Å²) in [4.78, 5) is 7.01. The van der Waals surface area contributed by atoms with E-state index in [1.807, 2.05) is 11.3 Å². The highest BCUT2D eigenvalue weighted by Gasteiger charge is 2.31. The van der Waals surface area contributed by atoms with Gasteiger partial charge in [-0.3, -0.25) is 4.40 Å². The minimum absolute atomic E-state index is 0.158. The fourth-order valence-electron chi connectivity index (χ4n) is 3.17. The molecule has 7 nitrogen and oxygen atoms in total. The number of aromatic nitrogens is 6. The Kier molecular flexibility index (Phi) is 2.17. The smallest absolute Gasteiger partial charge is 0.259 e. The average molecular weight is 314 g/mol. The van der Waals surface area contributed by atoms with Gasteiger partial charge in [-0.15, -0.1) is 26.6 Å². The van der Waals surface area contributed by atoms with E-state index in [-0.39, 0.29) is 5.60 Å². The Bertz CT molecular complexity index is 1060. The number of ether oxygens (including phenoxy) is 1. The molecule has 4 aromatic rings. The van der Waals surface area contributed by atoms with Crippen molar-refractivity contribution in [1.29, 1.82) is 0 Å². The van der Waals surface area contributed by atoms with E-state index in [1.165, 1.54) is 10.4 Å². The summed E-state index contributed by atoms with van der Waals surface area (Å²) >= 11 is 1.74. The van der Waals surface area contributed by atoms with Crippen LogP contribution >= 0.6 is 11.3 Å². The van der Waals surface area contributed by atoms with Gasteiger partial charge in [0.05, 0.1) is 17.6 Å². The zero-order chi connectivity index (χ0) is 15.1. The molecule has 0 saturated heterocycles. The number of thiophene rings is 1. The van der Waals surface area contributed by atoms with Crippen LogP contribution < -0.4 is 0 Å². The first kappa shape index (κ1) is 12.5. The van der Waals surface area contributed by atoms with Crippen LogP contribution in [0.4, 0.5) is 0 Å². The van der Waals surface area contributed by atoms with Crippen molar-refractivity contribution < 1.29 is 4.74 Å². The summed E-state index contributed by atoms with van der Waals surface area (Å²) in [6.07, 6.45) is 2.61. The molecule has 0 radical (unpaired) electrons. The lowest BCUT2D eigenvalue weighted by molar-refractivity contribution is -0.0379. The topological polar surface area (TPSA) is 69.6 Å². The van der Waals surface area contributed by atoms with E-state index in [2.05, 4.69) is 34.1 Å². The lowest BCUT2D eigenvalue weighted by Gasteiger charge is -2.30. The fourth-order valence-corrected chi connectivity index (χ4v) is 4.36. The van der Waals surface area contributed by atoms with Crippen LogP contribution in [0.3, 0.4) is 0 Å². The molecule has 0 N–H and O–H groups in total. The molecule has 0 bridgehead atoms. The molecule has 5 heterocycles. The first-order chi connectivity index (χ1) is 10.5. The molecule has 1 aliphatic heterocycles. The van der Waals surface area contributed by atoms with Crippen LogP contribution in [0.25, 0.3) is 21.6 Å². The third-order valence-corrected chi connectivity index (χ3v) is 5.35. The highest BCUT2D eigenvalue weighted by Crippen LogP contribution is 2.40. The second-order valence-corrected chi connectivity index (χ2v) is 7.39. The molecule has 8 heteroatoms. The van der Waals surface area contributed by atoms with Crippen molar-refractivity contribution in [3.63, 3.8) is 0 Å². The number of aryl methyl sites for hydroxylation is 1. The maximum atomic E-state index is 5.96. The van der Waals surface area contributed by atoms with Gasteiger partial charge < -0.3 is 4.74 Å². The summed E-state index contributed by atoms with van der Waals surface area (Å²) in [6.45, 7) is 6.80. The standard InChI is InChI=1S/C14H14N6OS/c1-7-16-11-10-8-4-14(2,3)21-5-9(8)22-12(10)19-6-15-17-13(19)20(11)18-7/h6H,4-5H2,1-3H3. The quantitative estimate of drug-likeness (QED) is 0.497. The van der Waals surface area contributed by atoms with Crippen molar-refractivity contribution >= 4 is 33.0 Å². The Hall–Kier alpha value is -2.06. The zero-order valence-corrected chi connectivity index (χ0v) is 13.3. The van der Waals surface area contributed by atoms with Gasteiger partial charge in [-0.25, -0.2) is 4.98 Å². The van der Waals surface area contributed by atoms with Gasteiger partial charge in [0, 0.05) is 11.3 Å². The first-order valence-electron chi connectivity index (χ1n) is 7.17. The average Bonchev–Trinajstić information content (AvgIpc) is 3.11. The molecule has 112 valence electrons. The Balaban J connectivity index is 2.02. The van der Waals surface area contributed by atoms with Crippen molar-refractivity contribution in [2.75, 3.05) is 0 Å². The molecule has 0 amide bonds. The van der Waals surface area contributed by atoms with Crippen LogP contribution in [0.15, 0.2) is 6.33 Å². The van der Waals surface area contributed by atoms with Gasteiger partial charge in [0.1, 0.15) is 17.0 Å². The van der Waals surface area contributed by atoms with Crippen molar-refractivity contribution in [2.24, 2.45) is 0 Å². The largest absolute Gasteiger partial charge is 0.370 e. The van der Waals surface area contributed by atoms with Gasteiger partial charge in [0.2, 0.25) is 0 Å². The van der Waals surface area contributed by atoms with Gasteiger partial charge in [-0.2, -0.15) is 4.52 Å². The molecule has 5 rings (SSSR count). The van der Waals surface area contributed by atoms with E-state index in [9.17, 15) is 0 Å². The molecule has 0 aliphatic carbocycles. The maximum absolute atomic E-state index is 5.96. The van der Waals surface area contributed by atoms with Crippen LogP contribution in [0, 0.1) is 6.92 Å². The van der Waals surface area contributed by atoms with E-state index < -0.39 is 0 Å². The molecule has 0 fully saturated rings. The molecule has 0 unspecified atom stereocenters. The summed E-state index contributed by atoms with van der Waals surface area (Å²) in [5.74, 6) is 1.44. The Morgan fingerprint density at radius 3 is 3.09 bits per heavy atom. The van der Waals surface area contributed by atoms with E-state index in [4.69, 9.17) is 4.74 Å². The van der Waals surface area contributed by atoms with Gasteiger partial charge in [-0.05, 0) is 26.3 Å². The van der Waals surface area contributed by atoms with Crippen LogP contribution in [0.2, 0.25) is 0 Å².